The Kier molecular flexibility index (Phi) is 14.0. The molecule has 8 heteroatoms. The normalized spacial score (nSPS) is 18.5. The summed E-state index contributed by atoms with van der Waals surface area (Å²) in [6.07, 6.45) is 8.17. The lowest BCUT2D eigenvalue weighted by atomic mass is 10.1. The van der Waals surface area contributed by atoms with E-state index in [0.29, 0.717) is 19.3 Å². The molecule has 0 aromatic heterocycles. The summed E-state index contributed by atoms with van der Waals surface area (Å²) in [5, 5.41) is 6.72. The molecule has 2 fully saturated rings. The fraction of sp³-hybridized carbons (Fsp3) is 0.708. The average Bonchev–Trinajstić information content (AvgIpc) is 3.08. The number of ether oxygens (including phenoxy) is 3. The van der Waals surface area contributed by atoms with E-state index in [2.05, 4.69) is 32.7 Å². The van der Waals surface area contributed by atoms with Gasteiger partial charge in [0, 0.05) is 39.8 Å². The minimum absolute atomic E-state index is 0. The summed E-state index contributed by atoms with van der Waals surface area (Å²) in [4.78, 5) is 6.70. The summed E-state index contributed by atoms with van der Waals surface area (Å²) in [6.45, 7) is 7.44. The second kappa shape index (κ2) is 16.5. The molecule has 0 radical (unpaired) electrons. The van der Waals surface area contributed by atoms with Crippen LogP contribution in [-0.4, -0.2) is 76.6 Å². The first kappa shape index (κ1) is 27.1. The second-order valence-electron chi connectivity index (χ2n) is 8.29. The van der Waals surface area contributed by atoms with Gasteiger partial charge in [-0.25, -0.2) is 0 Å². The van der Waals surface area contributed by atoms with Crippen molar-refractivity contribution < 1.29 is 14.2 Å². The number of guanidine groups is 1. The number of hydrogen-bond acceptors (Lipinski definition) is 5. The van der Waals surface area contributed by atoms with Gasteiger partial charge in [-0.15, -0.1) is 24.0 Å². The Labute approximate surface area is 210 Å². The molecule has 1 heterocycles. The van der Waals surface area contributed by atoms with Crippen molar-refractivity contribution in [3.05, 3.63) is 29.8 Å². The van der Waals surface area contributed by atoms with Crippen molar-refractivity contribution in [3.8, 4) is 5.75 Å². The van der Waals surface area contributed by atoms with E-state index < -0.39 is 0 Å². The van der Waals surface area contributed by atoms with Crippen LogP contribution in [0.15, 0.2) is 29.3 Å². The molecule has 2 N–H and O–H groups in total. The van der Waals surface area contributed by atoms with Gasteiger partial charge >= 0.3 is 0 Å². The number of nitrogens with zero attached hydrogens (tertiary/aromatic N) is 2. The quantitative estimate of drug-likeness (QED) is 0.150. The lowest BCUT2D eigenvalue weighted by Crippen LogP contribution is -2.39. The highest BCUT2D eigenvalue weighted by molar-refractivity contribution is 14.0. The number of halogens is 1. The van der Waals surface area contributed by atoms with Crippen molar-refractivity contribution in [2.45, 2.75) is 51.2 Å². The molecule has 1 aromatic carbocycles. The van der Waals surface area contributed by atoms with Crippen molar-refractivity contribution in [2.75, 3.05) is 59.7 Å². The highest BCUT2D eigenvalue weighted by atomic mass is 127. The zero-order valence-corrected chi connectivity index (χ0v) is 21.9. The van der Waals surface area contributed by atoms with Crippen molar-refractivity contribution >= 4 is 29.9 Å². The van der Waals surface area contributed by atoms with Crippen LogP contribution >= 0.6 is 24.0 Å². The van der Waals surface area contributed by atoms with Gasteiger partial charge in [-0.1, -0.05) is 37.8 Å². The molecular formula is C24H41IN4O3. The number of morpholine rings is 1. The van der Waals surface area contributed by atoms with E-state index >= 15 is 0 Å². The summed E-state index contributed by atoms with van der Waals surface area (Å²) >= 11 is 0. The number of hydrogen-bond donors (Lipinski definition) is 2. The predicted molar refractivity (Wildman–Crippen MR) is 140 cm³/mol. The van der Waals surface area contributed by atoms with Gasteiger partial charge in [0.25, 0.3) is 0 Å². The monoisotopic (exact) mass is 560 g/mol. The van der Waals surface area contributed by atoms with E-state index in [-0.39, 0.29) is 24.0 Å². The van der Waals surface area contributed by atoms with Crippen molar-refractivity contribution in [2.24, 2.45) is 4.99 Å². The molecule has 1 aliphatic carbocycles. The van der Waals surface area contributed by atoms with Gasteiger partial charge in [-0.05, 0) is 30.5 Å². The molecule has 0 bridgehead atoms. The maximum Gasteiger partial charge on any atom is 0.191 e. The van der Waals surface area contributed by atoms with Crippen LogP contribution in [0.1, 0.15) is 44.1 Å². The van der Waals surface area contributed by atoms with Gasteiger partial charge in [0.05, 0.1) is 25.9 Å². The third kappa shape index (κ3) is 10.7. The van der Waals surface area contributed by atoms with Crippen molar-refractivity contribution in [3.63, 3.8) is 0 Å². The summed E-state index contributed by atoms with van der Waals surface area (Å²) in [5.41, 5.74) is 1.17. The Morgan fingerprint density at radius 3 is 2.62 bits per heavy atom. The smallest absolute Gasteiger partial charge is 0.191 e. The molecule has 0 spiro atoms. The third-order valence-corrected chi connectivity index (χ3v) is 5.91. The van der Waals surface area contributed by atoms with E-state index in [1.165, 1.54) is 44.1 Å². The molecular weight excluding hydrogens is 519 g/mol. The fourth-order valence-corrected chi connectivity index (χ4v) is 4.07. The van der Waals surface area contributed by atoms with Gasteiger partial charge in [0.1, 0.15) is 12.4 Å². The SMILES string of the molecule is CN=C(NCCOC1CCCCCC1)NCc1cccc(OCCN2CCOCC2)c1.I. The van der Waals surface area contributed by atoms with Crippen LogP contribution in [0.25, 0.3) is 0 Å². The Bertz CT molecular complexity index is 648. The fourth-order valence-electron chi connectivity index (χ4n) is 4.07. The van der Waals surface area contributed by atoms with Crippen LogP contribution < -0.4 is 15.4 Å². The van der Waals surface area contributed by atoms with Crippen molar-refractivity contribution in [1.29, 1.82) is 0 Å². The highest BCUT2D eigenvalue weighted by Crippen LogP contribution is 2.19. The van der Waals surface area contributed by atoms with Gasteiger partial charge in [-0.2, -0.15) is 0 Å². The number of benzene rings is 1. The minimum Gasteiger partial charge on any atom is -0.492 e. The highest BCUT2D eigenvalue weighted by Gasteiger charge is 2.12. The zero-order valence-electron chi connectivity index (χ0n) is 19.5. The molecule has 2 aliphatic rings. The van der Waals surface area contributed by atoms with E-state index in [4.69, 9.17) is 14.2 Å². The van der Waals surface area contributed by atoms with Crippen LogP contribution in [0.5, 0.6) is 5.75 Å². The van der Waals surface area contributed by atoms with E-state index in [9.17, 15) is 0 Å². The first-order valence-electron chi connectivity index (χ1n) is 11.9. The third-order valence-electron chi connectivity index (χ3n) is 5.91. The molecule has 182 valence electrons. The van der Waals surface area contributed by atoms with Gasteiger partial charge in [0.15, 0.2) is 5.96 Å². The van der Waals surface area contributed by atoms with E-state index in [1.54, 1.807) is 7.05 Å². The lowest BCUT2D eigenvalue weighted by molar-refractivity contribution is 0.0322. The largest absolute Gasteiger partial charge is 0.492 e. The average molecular weight is 561 g/mol. The molecule has 0 unspecified atom stereocenters. The molecule has 0 atom stereocenters. The minimum atomic E-state index is 0. The maximum absolute atomic E-state index is 6.05. The Morgan fingerprint density at radius 2 is 1.88 bits per heavy atom. The zero-order chi connectivity index (χ0) is 21.6. The lowest BCUT2D eigenvalue weighted by Gasteiger charge is -2.26. The van der Waals surface area contributed by atoms with Gasteiger partial charge < -0.3 is 24.8 Å². The molecule has 1 saturated heterocycles. The first-order chi connectivity index (χ1) is 15.3. The predicted octanol–water partition coefficient (Wildman–Crippen LogP) is 3.42. The summed E-state index contributed by atoms with van der Waals surface area (Å²) in [5.74, 6) is 1.70. The molecule has 0 amide bonds. The molecule has 1 saturated carbocycles. The van der Waals surface area contributed by atoms with Gasteiger partial charge in [0.2, 0.25) is 0 Å². The van der Waals surface area contributed by atoms with Crippen LogP contribution in [-0.2, 0) is 16.0 Å². The second-order valence-corrected chi connectivity index (χ2v) is 8.29. The Hall–Kier alpha value is -1.10. The van der Waals surface area contributed by atoms with Crippen LogP contribution in [0, 0.1) is 0 Å². The molecule has 1 aliphatic heterocycles. The summed E-state index contributed by atoms with van der Waals surface area (Å²) in [7, 11) is 1.80. The Morgan fingerprint density at radius 1 is 1.09 bits per heavy atom. The van der Waals surface area contributed by atoms with Gasteiger partial charge in [-0.3, -0.25) is 9.89 Å². The van der Waals surface area contributed by atoms with E-state index in [1.807, 2.05) is 12.1 Å². The number of aliphatic imine (C=N–C) groups is 1. The standard InChI is InChI=1S/C24H40N4O3.HI/c1-25-24(26-11-15-30-22-8-4-2-3-5-9-22)27-20-21-7-6-10-23(19-21)31-18-14-28-12-16-29-17-13-28;/h6-7,10,19,22H,2-5,8-9,11-18,20H2,1H3,(H2,25,26,27);1H. The molecule has 3 rings (SSSR count). The number of nitrogens with one attached hydrogen (secondary N) is 2. The summed E-state index contributed by atoms with van der Waals surface area (Å²) in [6, 6.07) is 8.25. The molecule has 7 nitrogen and oxygen atoms in total. The maximum atomic E-state index is 6.05. The van der Waals surface area contributed by atoms with E-state index in [0.717, 1.165) is 57.7 Å². The summed E-state index contributed by atoms with van der Waals surface area (Å²) < 4.78 is 17.4. The van der Waals surface area contributed by atoms with Crippen LogP contribution in [0.3, 0.4) is 0 Å². The van der Waals surface area contributed by atoms with Crippen LogP contribution in [0.2, 0.25) is 0 Å². The Balaban J connectivity index is 0.00000363. The first-order valence-corrected chi connectivity index (χ1v) is 11.9. The molecule has 32 heavy (non-hydrogen) atoms. The van der Waals surface area contributed by atoms with Crippen molar-refractivity contribution in [1.82, 2.24) is 15.5 Å². The van der Waals surface area contributed by atoms with Crippen LogP contribution in [0.4, 0.5) is 0 Å². The molecule has 1 aromatic rings. The number of rotatable bonds is 10. The topological polar surface area (TPSA) is 67.4 Å².